The lowest BCUT2D eigenvalue weighted by Gasteiger charge is -2.47. The summed E-state index contributed by atoms with van der Waals surface area (Å²) in [5, 5.41) is 0. The van der Waals surface area contributed by atoms with Crippen LogP contribution in [0.5, 0.6) is 0 Å². The quantitative estimate of drug-likeness (QED) is 0.831. The summed E-state index contributed by atoms with van der Waals surface area (Å²) in [6.07, 6.45) is 2.52. The van der Waals surface area contributed by atoms with E-state index in [9.17, 15) is 9.59 Å². The molecule has 1 aromatic rings. The van der Waals surface area contributed by atoms with Crippen molar-refractivity contribution < 1.29 is 14.3 Å². The van der Waals surface area contributed by atoms with Crippen molar-refractivity contribution in [2.24, 2.45) is 5.73 Å². The van der Waals surface area contributed by atoms with Crippen LogP contribution in [0.4, 0.5) is 5.69 Å². The van der Waals surface area contributed by atoms with E-state index in [4.69, 9.17) is 10.5 Å². The van der Waals surface area contributed by atoms with Crippen molar-refractivity contribution in [2.45, 2.75) is 25.5 Å². The Bertz CT molecular complexity index is 592. The van der Waals surface area contributed by atoms with Gasteiger partial charge < -0.3 is 20.3 Å². The Hall–Kier alpha value is -2.15. The predicted octanol–water partition coefficient (Wildman–Crippen LogP) is 0.00650. The molecule has 2 atom stereocenters. The van der Waals surface area contributed by atoms with Crippen molar-refractivity contribution in [1.82, 2.24) is 9.88 Å². The molecule has 2 unspecified atom stereocenters. The summed E-state index contributed by atoms with van der Waals surface area (Å²) in [6.45, 7) is 4.33. The molecule has 0 aromatic carbocycles. The van der Waals surface area contributed by atoms with Crippen LogP contribution in [0.2, 0.25) is 0 Å². The summed E-state index contributed by atoms with van der Waals surface area (Å²) < 4.78 is 5.80. The number of fused-ring (bicyclic) bond motifs is 1. The molecule has 2 fully saturated rings. The van der Waals surface area contributed by atoms with Gasteiger partial charge >= 0.3 is 0 Å². The Labute approximate surface area is 129 Å². The number of carbonyl (C=O) groups excluding carboxylic acids is 2. The van der Waals surface area contributed by atoms with E-state index in [-0.39, 0.29) is 23.7 Å². The molecule has 0 bridgehead atoms. The van der Waals surface area contributed by atoms with Crippen LogP contribution in [0.3, 0.4) is 0 Å². The third-order valence-electron chi connectivity index (χ3n) is 4.35. The molecule has 0 spiro atoms. The molecule has 0 radical (unpaired) electrons. The lowest BCUT2D eigenvalue weighted by molar-refractivity contribution is -0.145. The first kappa shape index (κ1) is 14.8. The molecule has 2 saturated heterocycles. The molecule has 1 aromatic heterocycles. The first-order chi connectivity index (χ1) is 10.6. The van der Waals surface area contributed by atoms with E-state index in [1.54, 1.807) is 19.2 Å². The van der Waals surface area contributed by atoms with Gasteiger partial charge in [0, 0.05) is 38.4 Å². The largest absolute Gasteiger partial charge is 0.374 e. The van der Waals surface area contributed by atoms with E-state index in [0.29, 0.717) is 19.7 Å². The maximum absolute atomic E-state index is 11.8. The number of ether oxygens (including phenoxy) is 1. The summed E-state index contributed by atoms with van der Waals surface area (Å²) in [7, 11) is 0. The van der Waals surface area contributed by atoms with Gasteiger partial charge in [-0.15, -0.1) is 0 Å². The van der Waals surface area contributed by atoms with Crippen LogP contribution in [0.1, 0.15) is 23.8 Å². The number of aromatic nitrogens is 1. The third-order valence-corrected chi connectivity index (χ3v) is 4.35. The number of nitrogens with zero attached hydrogens (tertiary/aromatic N) is 3. The van der Waals surface area contributed by atoms with Gasteiger partial charge in [0.05, 0.1) is 18.8 Å². The van der Waals surface area contributed by atoms with Gasteiger partial charge in [-0.1, -0.05) is 0 Å². The average Bonchev–Trinajstić information content (AvgIpc) is 2.53. The molecule has 2 N–H and O–H groups in total. The molecule has 22 heavy (non-hydrogen) atoms. The highest BCUT2D eigenvalue weighted by atomic mass is 16.5. The molecule has 2 amide bonds. The molecule has 3 rings (SSSR count). The predicted molar refractivity (Wildman–Crippen MR) is 80.5 cm³/mol. The monoisotopic (exact) mass is 304 g/mol. The Kier molecular flexibility index (Phi) is 3.98. The second kappa shape index (κ2) is 5.92. The minimum atomic E-state index is -0.539. The number of carbonyl (C=O) groups is 2. The molecular weight excluding hydrogens is 284 g/mol. The van der Waals surface area contributed by atoms with Crippen molar-refractivity contribution >= 4 is 17.5 Å². The normalized spacial score (nSPS) is 24.8. The summed E-state index contributed by atoms with van der Waals surface area (Å²) in [5.41, 5.74) is 6.44. The number of amides is 2. The van der Waals surface area contributed by atoms with Gasteiger partial charge in [-0.25, -0.2) is 0 Å². The molecule has 118 valence electrons. The van der Waals surface area contributed by atoms with Crippen molar-refractivity contribution in [3.8, 4) is 0 Å². The number of morpholine rings is 1. The fourth-order valence-corrected chi connectivity index (χ4v) is 3.25. The van der Waals surface area contributed by atoms with E-state index >= 15 is 0 Å². The Morgan fingerprint density at radius 3 is 2.95 bits per heavy atom. The second-order valence-electron chi connectivity index (χ2n) is 5.69. The Morgan fingerprint density at radius 1 is 1.41 bits per heavy atom. The van der Waals surface area contributed by atoms with Gasteiger partial charge in [0.2, 0.25) is 5.91 Å². The van der Waals surface area contributed by atoms with Gasteiger partial charge in [-0.3, -0.25) is 14.6 Å². The zero-order valence-corrected chi connectivity index (χ0v) is 12.6. The van der Waals surface area contributed by atoms with E-state index < -0.39 is 5.91 Å². The van der Waals surface area contributed by atoms with Gasteiger partial charge in [0.1, 0.15) is 5.69 Å². The number of piperidine rings is 1. The van der Waals surface area contributed by atoms with Crippen molar-refractivity contribution in [2.75, 3.05) is 31.1 Å². The van der Waals surface area contributed by atoms with Gasteiger partial charge in [-0.2, -0.15) is 0 Å². The maximum atomic E-state index is 11.8. The smallest absolute Gasteiger partial charge is 0.267 e. The zero-order chi connectivity index (χ0) is 15.7. The summed E-state index contributed by atoms with van der Waals surface area (Å²) >= 11 is 0. The SMILES string of the molecule is CC(=O)N1CCOC2CCN(c3ccnc(C(N)=O)c3)CC21. The standard InChI is InChI=1S/C15H20N4O3/c1-10(20)19-6-7-22-14-3-5-18(9-13(14)19)11-2-4-17-12(8-11)15(16)21/h2,4,8,13-14H,3,5-7,9H2,1H3,(H2,16,21). The van der Waals surface area contributed by atoms with E-state index in [1.165, 1.54) is 0 Å². The number of pyridine rings is 1. The molecule has 0 saturated carbocycles. The minimum absolute atomic E-state index is 0.0465. The molecule has 7 nitrogen and oxygen atoms in total. The van der Waals surface area contributed by atoms with E-state index in [1.807, 2.05) is 11.0 Å². The summed E-state index contributed by atoms with van der Waals surface area (Å²) in [5.74, 6) is -0.462. The average molecular weight is 304 g/mol. The van der Waals surface area contributed by atoms with Crippen molar-refractivity contribution in [1.29, 1.82) is 0 Å². The number of hydrogen-bond donors (Lipinski definition) is 1. The molecule has 7 heteroatoms. The Morgan fingerprint density at radius 2 is 2.23 bits per heavy atom. The van der Waals surface area contributed by atoms with E-state index in [2.05, 4.69) is 9.88 Å². The molecule has 2 aliphatic heterocycles. The highest BCUT2D eigenvalue weighted by molar-refractivity contribution is 5.91. The van der Waals surface area contributed by atoms with Crippen LogP contribution in [0.15, 0.2) is 18.3 Å². The van der Waals surface area contributed by atoms with Crippen LogP contribution >= 0.6 is 0 Å². The van der Waals surface area contributed by atoms with Gasteiger partial charge in [0.15, 0.2) is 0 Å². The van der Waals surface area contributed by atoms with Gasteiger partial charge in [-0.05, 0) is 18.6 Å². The molecular formula is C15H20N4O3. The Balaban J connectivity index is 1.80. The van der Waals surface area contributed by atoms with E-state index in [0.717, 1.165) is 18.7 Å². The third kappa shape index (κ3) is 2.76. The highest BCUT2D eigenvalue weighted by Crippen LogP contribution is 2.27. The highest BCUT2D eigenvalue weighted by Gasteiger charge is 2.38. The topological polar surface area (TPSA) is 88.8 Å². The van der Waals surface area contributed by atoms with Crippen LogP contribution in [0.25, 0.3) is 0 Å². The van der Waals surface area contributed by atoms with Crippen LogP contribution < -0.4 is 10.6 Å². The lowest BCUT2D eigenvalue weighted by atomic mass is 9.98. The summed E-state index contributed by atoms with van der Waals surface area (Å²) in [4.78, 5) is 31.1. The molecule has 3 heterocycles. The number of hydrogen-bond acceptors (Lipinski definition) is 5. The van der Waals surface area contributed by atoms with Crippen LogP contribution in [0, 0.1) is 0 Å². The fourth-order valence-electron chi connectivity index (χ4n) is 3.25. The second-order valence-corrected chi connectivity index (χ2v) is 5.69. The molecule has 2 aliphatic rings. The number of primary amides is 1. The van der Waals surface area contributed by atoms with Crippen molar-refractivity contribution in [3.05, 3.63) is 24.0 Å². The molecule has 0 aliphatic carbocycles. The number of anilines is 1. The first-order valence-corrected chi connectivity index (χ1v) is 7.46. The van der Waals surface area contributed by atoms with Crippen molar-refractivity contribution in [3.63, 3.8) is 0 Å². The van der Waals surface area contributed by atoms with Crippen LogP contribution in [-0.4, -0.2) is 60.1 Å². The minimum Gasteiger partial charge on any atom is -0.374 e. The maximum Gasteiger partial charge on any atom is 0.267 e. The fraction of sp³-hybridized carbons (Fsp3) is 0.533. The first-order valence-electron chi connectivity index (χ1n) is 7.46. The number of rotatable bonds is 2. The zero-order valence-electron chi connectivity index (χ0n) is 12.6. The lowest BCUT2D eigenvalue weighted by Crippen LogP contribution is -2.61. The van der Waals surface area contributed by atoms with Gasteiger partial charge in [0.25, 0.3) is 5.91 Å². The van der Waals surface area contributed by atoms with Crippen LogP contribution in [-0.2, 0) is 9.53 Å². The summed E-state index contributed by atoms with van der Waals surface area (Å²) in [6, 6.07) is 3.60. The number of nitrogens with two attached hydrogens (primary N) is 1.